The van der Waals surface area contributed by atoms with Gasteiger partial charge in [0.2, 0.25) is 0 Å². The van der Waals surface area contributed by atoms with E-state index < -0.39 is 0 Å². The third kappa shape index (κ3) is 7.44. The van der Waals surface area contributed by atoms with Gasteiger partial charge in [-0.05, 0) is 83.8 Å². The van der Waals surface area contributed by atoms with E-state index in [0.717, 1.165) is 42.6 Å². The van der Waals surface area contributed by atoms with Gasteiger partial charge in [0.1, 0.15) is 5.82 Å². The number of nitrogens with zero attached hydrogens (tertiary/aromatic N) is 2. The molecule has 202 valence electrons. The van der Waals surface area contributed by atoms with Crippen LogP contribution in [0.1, 0.15) is 99.3 Å². The molecule has 0 unspecified atom stereocenters. The lowest BCUT2D eigenvalue weighted by Crippen LogP contribution is -2.16. The molecule has 0 N–H and O–H groups in total. The monoisotopic (exact) mass is 516 g/mol. The van der Waals surface area contributed by atoms with Crippen LogP contribution in [0, 0.1) is 11.8 Å². The summed E-state index contributed by atoms with van der Waals surface area (Å²) < 4.78 is 0. The van der Waals surface area contributed by atoms with Crippen LogP contribution in [0.15, 0.2) is 96.7 Å². The molecule has 0 saturated heterocycles. The fourth-order valence-electron chi connectivity index (χ4n) is 6.52. The van der Waals surface area contributed by atoms with Gasteiger partial charge in [0.25, 0.3) is 0 Å². The number of hydrogen-bond donors (Lipinski definition) is 0. The van der Waals surface area contributed by atoms with Crippen molar-refractivity contribution in [1.29, 1.82) is 0 Å². The Kier molecular flexibility index (Phi) is 9.24. The van der Waals surface area contributed by atoms with Crippen LogP contribution in [0.2, 0.25) is 0 Å². The third-order valence-electron chi connectivity index (χ3n) is 8.82. The van der Waals surface area contributed by atoms with E-state index in [-0.39, 0.29) is 0 Å². The molecule has 1 aromatic heterocycles. The number of allylic oxidation sites excluding steroid dienone is 5. The zero-order chi connectivity index (χ0) is 27.0. The Morgan fingerprint density at radius 3 is 2.49 bits per heavy atom. The van der Waals surface area contributed by atoms with Gasteiger partial charge in [-0.1, -0.05) is 118 Å². The molecular weight excluding hydrogens is 472 g/mol. The molecular formula is C37H44N2. The quantitative estimate of drug-likeness (QED) is 0.253. The molecule has 1 saturated carbocycles. The minimum Gasteiger partial charge on any atom is -0.241 e. The molecule has 0 radical (unpaired) electrons. The summed E-state index contributed by atoms with van der Waals surface area (Å²) in [7, 11) is 0. The Labute approximate surface area is 236 Å². The van der Waals surface area contributed by atoms with Crippen molar-refractivity contribution in [1.82, 2.24) is 9.97 Å². The van der Waals surface area contributed by atoms with Gasteiger partial charge in [-0.3, -0.25) is 0 Å². The molecule has 1 heterocycles. The smallest absolute Gasteiger partial charge is 0.133 e. The second kappa shape index (κ2) is 13.2. The summed E-state index contributed by atoms with van der Waals surface area (Å²) in [5, 5.41) is 0. The zero-order valence-electron chi connectivity index (χ0n) is 23.9. The van der Waals surface area contributed by atoms with Crippen LogP contribution in [-0.2, 0) is 12.8 Å². The lowest BCUT2D eigenvalue weighted by molar-refractivity contribution is 0.261. The maximum Gasteiger partial charge on any atom is 0.133 e. The van der Waals surface area contributed by atoms with E-state index in [1.165, 1.54) is 78.4 Å². The number of aromatic nitrogens is 2. The first kappa shape index (κ1) is 27.3. The molecule has 0 amide bonds. The van der Waals surface area contributed by atoms with E-state index in [1.807, 2.05) is 12.3 Å². The summed E-state index contributed by atoms with van der Waals surface area (Å²) >= 11 is 0. The Balaban J connectivity index is 1.15. The van der Waals surface area contributed by atoms with E-state index in [2.05, 4.69) is 92.2 Å². The minimum absolute atomic E-state index is 0.459. The summed E-state index contributed by atoms with van der Waals surface area (Å²) in [5.74, 6) is 3.17. The molecule has 2 heteroatoms. The van der Waals surface area contributed by atoms with Gasteiger partial charge in [0.15, 0.2) is 0 Å². The SMILES string of the molecule is C=C(C[C@H](C)c1ccccc1)C1=CC=C(c2ccnc(Cc3cccc(CC4CCC(CCC)CC4)c3)n2)C1. The van der Waals surface area contributed by atoms with Crippen molar-refractivity contribution in [2.75, 3.05) is 0 Å². The molecule has 2 aliphatic rings. The van der Waals surface area contributed by atoms with Gasteiger partial charge in [-0.15, -0.1) is 0 Å². The van der Waals surface area contributed by atoms with Gasteiger partial charge >= 0.3 is 0 Å². The average molecular weight is 517 g/mol. The average Bonchev–Trinajstić information content (AvgIpc) is 3.46. The maximum absolute atomic E-state index is 4.98. The van der Waals surface area contributed by atoms with E-state index in [4.69, 9.17) is 4.98 Å². The lowest BCUT2D eigenvalue weighted by atomic mass is 9.78. The molecule has 2 aromatic carbocycles. The summed E-state index contributed by atoms with van der Waals surface area (Å²) in [6.45, 7) is 9.04. The van der Waals surface area contributed by atoms with Crippen molar-refractivity contribution in [2.45, 2.75) is 84.0 Å². The second-order valence-corrected chi connectivity index (χ2v) is 11.9. The fraction of sp³-hybridized carbons (Fsp3) is 0.405. The highest BCUT2D eigenvalue weighted by molar-refractivity contribution is 5.72. The predicted molar refractivity (Wildman–Crippen MR) is 165 cm³/mol. The van der Waals surface area contributed by atoms with Crippen LogP contribution in [0.4, 0.5) is 0 Å². The highest BCUT2D eigenvalue weighted by atomic mass is 14.9. The Morgan fingerprint density at radius 2 is 1.69 bits per heavy atom. The standard InChI is InChI=1S/C37H44N2/c1-4-9-29-14-16-30(17-15-29)23-31-10-8-11-32(24-31)25-37-38-21-20-36(39-37)35-19-18-34(26-35)28(3)22-27(2)33-12-6-5-7-13-33/h5-8,10-13,18-21,24,27,29-30H,3-4,9,14-17,22-23,25-26H2,1-2H3/t27-,29?,30?/m0/s1. The van der Waals surface area contributed by atoms with E-state index in [0.29, 0.717) is 5.92 Å². The first-order valence-electron chi connectivity index (χ1n) is 15.1. The topological polar surface area (TPSA) is 25.8 Å². The second-order valence-electron chi connectivity index (χ2n) is 11.9. The van der Waals surface area contributed by atoms with Gasteiger partial charge in [-0.2, -0.15) is 0 Å². The van der Waals surface area contributed by atoms with Crippen LogP contribution in [0.3, 0.4) is 0 Å². The molecule has 0 spiro atoms. The first-order chi connectivity index (χ1) is 19.1. The van der Waals surface area contributed by atoms with Gasteiger partial charge < -0.3 is 0 Å². The number of rotatable bonds is 11. The number of benzene rings is 2. The summed E-state index contributed by atoms with van der Waals surface area (Å²) in [6.07, 6.45) is 18.6. The van der Waals surface area contributed by atoms with Crippen molar-refractivity contribution in [3.8, 4) is 0 Å². The van der Waals surface area contributed by atoms with E-state index >= 15 is 0 Å². The van der Waals surface area contributed by atoms with Crippen LogP contribution in [0.25, 0.3) is 5.57 Å². The van der Waals surface area contributed by atoms with E-state index in [9.17, 15) is 0 Å². The predicted octanol–water partition coefficient (Wildman–Crippen LogP) is 9.68. The largest absolute Gasteiger partial charge is 0.241 e. The Bertz CT molecular complexity index is 1310. The van der Waals surface area contributed by atoms with Gasteiger partial charge in [0, 0.05) is 12.6 Å². The molecule has 1 atom stereocenters. The molecule has 39 heavy (non-hydrogen) atoms. The molecule has 1 fully saturated rings. The first-order valence-corrected chi connectivity index (χ1v) is 15.1. The zero-order valence-corrected chi connectivity index (χ0v) is 23.9. The highest BCUT2D eigenvalue weighted by Gasteiger charge is 2.21. The third-order valence-corrected chi connectivity index (χ3v) is 8.82. The molecule has 0 aliphatic heterocycles. The van der Waals surface area contributed by atoms with Crippen molar-refractivity contribution in [3.05, 3.63) is 125 Å². The van der Waals surface area contributed by atoms with Crippen LogP contribution in [0.5, 0.6) is 0 Å². The maximum atomic E-state index is 4.98. The Morgan fingerprint density at radius 1 is 0.923 bits per heavy atom. The fourth-order valence-corrected chi connectivity index (χ4v) is 6.52. The molecule has 2 nitrogen and oxygen atoms in total. The summed E-state index contributed by atoms with van der Waals surface area (Å²) in [4.78, 5) is 9.61. The van der Waals surface area contributed by atoms with Crippen molar-refractivity contribution in [3.63, 3.8) is 0 Å². The molecule has 5 rings (SSSR count). The van der Waals surface area contributed by atoms with Crippen LogP contribution >= 0.6 is 0 Å². The van der Waals surface area contributed by atoms with Gasteiger partial charge in [-0.25, -0.2) is 9.97 Å². The van der Waals surface area contributed by atoms with Crippen LogP contribution in [-0.4, -0.2) is 9.97 Å². The van der Waals surface area contributed by atoms with Crippen molar-refractivity contribution < 1.29 is 0 Å². The summed E-state index contributed by atoms with van der Waals surface area (Å²) in [6, 6.07) is 21.9. The van der Waals surface area contributed by atoms with Crippen molar-refractivity contribution in [2.24, 2.45) is 11.8 Å². The molecule has 3 aromatic rings. The van der Waals surface area contributed by atoms with Crippen molar-refractivity contribution >= 4 is 5.57 Å². The molecule has 2 aliphatic carbocycles. The Hall–Kier alpha value is -3.26. The lowest BCUT2D eigenvalue weighted by Gasteiger charge is -2.28. The molecule has 0 bridgehead atoms. The number of hydrogen-bond acceptors (Lipinski definition) is 2. The normalized spacial score (nSPS) is 19.8. The highest BCUT2D eigenvalue weighted by Crippen LogP contribution is 2.35. The minimum atomic E-state index is 0.459. The van der Waals surface area contributed by atoms with Gasteiger partial charge in [0.05, 0.1) is 5.69 Å². The van der Waals surface area contributed by atoms with Crippen LogP contribution < -0.4 is 0 Å². The summed E-state index contributed by atoms with van der Waals surface area (Å²) in [5.41, 5.74) is 9.00. The van der Waals surface area contributed by atoms with E-state index in [1.54, 1.807) is 0 Å².